The second-order valence-electron chi connectivity index (χ2n) is 5.97. The van der Waals surface area contributed by atoms with Gasteiger partial charge in [-0.3, -0.25) is 4.90 Å². The first kappa shape index (κ1) is 17.2. The van der Waals surface area contributed by atoms with Gasteiger partial charge in [-0.15, -0.1) is 0 Å². The number of sulfonamides is 1. The fourth-order valence-electron chi connectivity index (χ4n) is 2.88. The smallest absolute Gasteiger partial charge is 0.218 e. The number of nitrogens with zero attached hydrogens (tertiary/aromatic N) is 2. The van der Waals surface area contributed by atoms with E-state index in [0.29, 0.717) is 38.5 Å². The van der Waals surface area contributed by atoms with Crippen molar-refractivity contribution >= 4 is 10.0 Å². The molecule has 2 aromatic rings. The number of rotatable bonds is 6. The lowest BCUT2D eigenvalue weighted by molar-refractivity contribution is 0.0776. The topological polar surface area (TPSA) is 74.0 Å². The van der Waals surface area contributed by atoms with Crippen LogP contribution < -0.4 is 0 Å². The average Bonchev–Trinajstić information content (AvgIpc) is 3.10. The summed E-state index contributed by atoms with van der Waals surface area (Å²) in [5, 5.41) is 10.1. The van der Waals surface area contributed by atoms with Gasteiger partial charge in [0.2, 0.25) is 10.0 Å². The maximum Gasteiger partial charge on any atom is 0.218 e. The first-order valence-corrected chi connectivity index (χ1v) is 9.61. The fourth-order valence-corrected chi connectivity index (χ4v) is 4.40. The molecule has 6 nitrogen and oxygen atoms in total. The van der Waals surface area contributed by atoms with E-state index in [0.717, 1.165) is 5.56 Å². The molecular weight excluding hydrogens is 328 g/mol. The van der Waals surface area contributed by atoms with E-state index in [1.54, 1.807) is 12.1 Å². The highest BCUT2D eigenvalue weighted by Gasteiger charge is 2.28. The van der Waals surface area contributed by atoms with Crippen LogP contribution in [0, 0.1) is 0 Å². The first-order chi connectivity index (χ1) is 11.5. The van der Waals surface area contributed by atoms with Crippen LogP contribution in [-0.2, 0) is 15.8 Å². The van der Waals surface area contributed by atoms with Gasteiger partial charge >= 0.3 is 0 Å². The van der Waals surface area contributed by atoms with Crippen molar-refractivity contribution in [2.45, 2.75) is 11.9 Å². The molecule has 1 atom stereocenters. The van der Waals surface area contributed by atoms with Crippen molar-refractivity contribution in [1.29, 1.82) is 0 Å². The van der Waals surface area contributed by atoms with E-state index in [2.05, 4.69) is 4.90 Å². The van der Waals surface area contributed by atoms with Crippen molar-refractivity contribution < 1.29 is 17.9 Å². The van der Waals surface area contributed by atoms with E-state index in [9.17, 15) is 13.5 Å². The quantitative estimate of drug-likeness (QED) is 0.854. The number of hydrogen-bond donors (Lipinski definition) is 1. The normalized spacial score (nSPS) is 18.5. The van der Waals surface area contributed by atoms with E-state index in [-0.39, 0.29) is 5.75 Å². The van der Waals surface area contributed by atoms with Crippen LogP contribution in [0.5, 0.6) is 0 Å². The van der Waals surface area contributed by atoms with Gasteiger partial charge in [-0.2, -0.15) is 4.31 Å². The van der Waals surface area contributed by atoms with E-state index >= 15 is 0 Å². The molecule has 2 heterocycles. The van der Waals surface area contributed by atoms with Gasteiger partial charge in [0.15, 0.2) is 0 Å². The zero-order valence-electron chi connectivity index (χ0n) is 13.4. The van der Waals surface area contributed by atoms with Gasteiger partial charge in [-0.05, 0) is 17.7 Å². The van der Waals surface area contributed by atoms with Crippen molar-refractivity contribution in [3.63, 3.8) is 0 Å². The van der Waals surface area contributed by atoms with Crippen molar-refractivity contribution in [3.8, 4) is 0 Å². The molecule has 24 heavy (non-hydrogen) atoms. The molecule has 0 radical (unpaired) electrons. The molecule has 1 aliphatic rings. The Hall–Kier alpha value is -1.67. The zero-order chi connectivity index (χ0) is 17.0. The molecule has 1 N–H and O–H groups in total. The second-order valence-corrected chi connectivity index (χ2v) is 7.94. The minimum atomic E-state index is -3.31. The Morgan fingerprint density at radius 3 is 2.38 bits per heavy atom. The third kappa shape index (κ3) is 4.24. The number of aliphatic hydroxyl groups is 1. The minimum absolute atomic E-state index is 0.0306. The third-order valence-electron chi connectivity index (χ3n) is 4.22. The van der Waals surface area contributed by atoms with Gasteiger partial charge in [-0.1, -0.05) is 30.3 Å². The summed E-state index contributed by atoms with van der Waals surface area (Å²) in [7, 11) is -3.31. The molecule has 0 spiro atoms. The summed E-state index contributed by atoms with van der Waals surface area (Å²) in [6.07, 6.45) is 0.847. The Balaban J connectivity index is 1.53. The minimum Gasteiger partial charge on any atom is -0.467 e. The molecule has 1 aliphatic heterocycles. The second kappa shape index (κ2) is 7.48. The SMILES string of the molecule is O=S(=O)(Cc1ccccc1)N1CCN(C[C@@H](O)c2ccco2)CC1. The van der Waals surface area contributed by atoms with Crippen molar-refractivity contribution in [2.24, 2.45) is 0 Å². The van der Waals surface area contributed by atoms with Gasteiger partial charge in [0.1, 0.15) is 11.9 Å². The first-order valence-electron chi connectivity index (χ1n) is 8.00. The molecular formula is C17H22N2O4S. The molecule has 7 heteroatoms. The van der Waals surface area contributed by atoms with Crippen LogP contribution in [-0.4, -0.2) is 55.5 Å². The van der Waals surface area contributed by atoms with Crippen LogP contribution in [0.4, 0.5) is 0 Å². The molecule has 0 unspecified atom stereocenters. The Morgan fingerprint density at radius 1 is 1.04 bits per heavy atom. The fraction of sp³-hybridized carbons (Fsp3) is 0.412. The maximum atomic E-state index is 12.5. The highest BCUT2D eigenvalue weighted by Crippen LogP contribution is 2.18. The summed E-state index contributed by atoms with van der Waals surface area (Å²) < 4.78 is 31.8. The van der Waals surface area contributed by atoms with Crippen LogP contribution in [0.1, 0.15) is 17.4 Å². The predicted octanol–water partition coefficient (Wildman–Crippen LogP) is 1.46. The lowest BCUT2D eigenvalue weighted by Crippen LogP contribution is -2.49. The Labute approximate surface area is 142 Å². The number of piperazine rings is 1. The molecule has 0 aliphatic carbocycles. The van der Waals surface area contributed by atoms with Gasteiger partial charge in [0, 0.05) is 32.7 Å². The van der Waals surface area contributed by atoms with Crippen LogP contribution in [0.3, 0.4) is 0 Å². The number of benzene rings is 1. The molecule has 0 saturated carbocycles. The summed E-state index contributed by atoms with van der Waals surface area (Å²) in [6.45, 7) is 2.54. The monoisotopic (exact) mass is 350 g/mol. The summed E-state index contributed by atoms with van der Waals surface area (Å²) in [5.74, 6) is 0.567. The standard InChI is InChI=1S/C17H22N2O4S/c20-16(17-7-4-12-23-17)13-18-8-10-19(11-9-18)24(21,22)14-15-5-2-1-3-6-15/h1-7,12,16,20H,8-11,13-14H2/t16-/m1/s1. The van der Waals surface area contributed by atoms with E-state index in [1.165, 1.54) is 10.6 Å². The Morgan fingerprint density at radius 2 is 1.75 bits per heavy atom. The number of β-amino-alcohol motifs (C(OH)–C–C–N with tert-alkyl or cyclic N) is 1. The molecule has 0 amide bonds. The van der Waals surface area contributed by atoms with Crippen LogP contribution >= 0.6 is 0 Å². The molecule has 1 aromatic heterocycles. The van der Waals surface area contributed by atoms with E-state index < -0.39 is 16.1 Å². The molecule has 1 fully saturated rings. The number of aliphatic hydroxyl groups excluding tert-OH is 1. The molecule has 1 aromatic carbocycles. The van der Waals surface area contributed by atoms with Crippen molar-refractivity contribution in [3.05, 3.63) is 60.1 Å². The molecule has 3 rings (SSSR count). The number of furan rings is 1. The Bertz CT molecular complexity index is 723. The largest absolute Gasteiger partial charge is 0.467 e. The van der Waals surface area contributed by atoms with Crippen molar-refractivity contribution in [2.75, 3.05) is 32.7 Å². The highest BCUT2D eigenvalue weighted by atomic mass is 32.2. The van der Waals surface area contributed by atoms with E-state index in [4.69, 9.17) is 4.42 Å². The summed E-state index contributed by atoms with van der Waals surface area (Å²) in [4.78, 5) is 2.06. The van der Waals surface area contributed by atoms with E-state index in [1.807, 2.05) is 30.3 Å². The summed E-state index contributed by atoms with van der Waals surface area (Å²) in [6, 6.07) is 12.7. The lowest BCUT2D eigenvalue weighted by Gasteiger charge is -2.34. The maximum absolute atomic E-state index is 12.5. The van der Waals surface area contributed by atoms with Crippen LogP contribution in [0.15, 0.2) is 53.1 Å². The van der Waals surface area contributed by atoms with Crippen LogP contribution in [0.2, 0.25) is 0 Å². The lowest BCUT2D eigenvalue weighted by atomic mass is 10.2. The van der Waals surface area contributed by atoms with Gasteiger partial charge in [0.05, 0.1) is 12.0 Å². The van der Waals surface area contributed by atoms with Crippen LogP contribution in [0.25, 0.3) is 0 Å². The molecule has 0 bridgehead atoms. The molecule has 130 valence electrons. The predicted molar refractivity (Wildman–Crippen MR) is 90.7 cm³/mol. The number of hydrogen-bond acceptors (Lipinski definition) is 5. The highest BCUT2D eigenvalue weighted by molar-refractivity contribution is 7.88. The van der Waals surface area contributed by atoms with Gasteiger partial charge in [0.25, 0.3) is 0 Å². The van der Waals surface area contributed by atoms with Gasteiger partial charge < -0.3 is 9.52 Å². The van der Waals surface area contributed by atoms with Gasteiger partial charge in [-0.25, -0.2) is 8.42 Å². The third-order valence-corrected chi connectivity index (χ3v) is 6.07. The molecule has 1 saturated heterocycles. The zero-order valence-corrected chi connectivity index (χ0v) is 14.2. The summed E-state index contributed by atoms with van der Waals surface area (Å²) >= 11 is 0. The van der Waals surface area contributed by atoms with Crippen molar-refractivity contribution in [1.82, 2.24) is 9.21 Å². The summed E-state index contributed by atoms with van der Waals surface area (Å²) in [5.41, 5.74) is 0.799. The Kier molecular flexibility index (Phi) is 5.35. The average molecular weight is 350 g/mol.